The van der Waals surface area contributed by atoms with Gasteiger partial charge in [0.2, 0.25) is 0 Å². The number of nitrogens with one attached hydrogen (secondary N) is 1. The zero-order valence-corrected chi connectivity index (χ0v) is 16.9. The number of carbonyl (C=O) groups excluding carboxylic acids is 1. The van der Waals surface area contributed by atoms with Crippen molar-refractivity contribution in [2.45, 2.75) is 0 Å². The summed E-state index contributed by atoms with van der Waals surface area (Å²) in [6.45, 7) is 0. The van der Waals surface area contributed by atoms with Crippen molar-refractivity contribution in [1.29, 1.82) is 0 Å². The topological polar surface area (TPSA) is 85.1 Å². The fourth-order valence-corrected chi connectivity index (χ4v) is 3.41. The number of benzene rings is 2. The predicted octanol–water partition coefficient (Wildman–Crippen LogP) is 4.76. The molecule has 3 aromatic heterocycles. The molecule has 0 spiro atoms. The third-order valence-electron chi connectivity index (χ3n) is 4.76. The molecular formula is C23H15ClN6O. The Morgan fingerprint density at radius 3 is 2.39 bits per heavy atom. The van der Waals surface area contributed by atoms with Crippen molar-refractivity contribution in [1.82, 2.24) is 24.8 Å². The number of nitrogens with zero attached hydrogens (tertiary/aromatic N) is 5. The van der Waals surface area contributed by atoms with Gasteiger partial charge in [0.25, 0.3) is 5.91 Å². The Labute approximate surface area is 182 Å². The molecule has 0 aliphatic carbocycles. The zero-order chi connectivity index (χ0) is 21.2. The Bertz CT molecular complexity index is 1380. The summed E-state index contributed by atoms with van der Waals surface area (Å²) in [7, 11) is 0. The second kappa shape index (κ2) is 7.97. The molecule has 8 heteroatoms. The maximum Gasteiger partial charge on any atom is 0.257 e. The van der Waals surface area contributed by atoms with Crippen molar-refractivity contribution in [3.8, 4) is 22.6 Å². The number of hydrogen-bond acceptors (Lipinski definition) is 5. The molecule has 0 aliphatic rings. The molecule has 0 saturated carbocycles. The van der Waals surface area contributed by atoms with E-state index < -0.39 is 0 Å². The van der Waals surface area contributed by atoms with E-state index >= 15 is 0 Å². The lowest BCUT2D eigenvalue weighted by molar-refractivity contribution is 0.102. The Balaban J connectivity index is 1.42. The first-order valence-corrected chi connectivity index (χ1v) is 9.86. The van der Waals surface area contributed by atoms with Gasteiger partial charge in [0.15, 0.2) is 11.5 Å². The van der Waals surface area contributed by atoms with Crippen LogP contribution in [0.1, 0.15) is 10.4 Å². The van der Waals surface area contributed by atoms with Crippen LogP contribution >= 0.6 is 11.6 Å². The molecule has 2 aromatic carbocycles. The van der Waals surface area contributed by atoms with Gasteiger partial charge in [0.05, 0.1) is 16.3 Å². The molecule has 5 aromatic rings. The Morgan fingerprint density at radius 2 is 1.61 bits per heavy atom. The van der Waals surface area contributed by atoms with E-state index in [4.69, 9.17) is 16.7 Å². The summed E-state index contributed by atoms with van der Waals surface area (Å²) in [5.41, 5.74) is 4.27. The fourth-order valence-electron chi connectivity index (χ4n) is 3.19. The summed E-state index contributed by atoms with van der Waals surface area (Å²) < 4.78 is 1.71. The van der Waals surface area contributed by atoms with Gasteiger partial charge in [-0.1, -0.05) is 35.9 Å². The summed E-state index contributed by atoms with van der Waals surface area (Å²) in [6, 6.07) is 21.9. The first-order chi connectivity index (χ1) is 15.2. The molecule has 1 N–H and O–H groups in total. The quantitative estimate of drug-likeness (QED) is 0.448. The SMILES string of the molecule is O=C(Nc1ccc(-c2ccc3nnc(-c4ccncc4)n3n2)cc1)c1ccccc1Cl. The van der Waals surface area contributed by atoms with E-state index in [1.807, 2.05) is 48.5 Å². The van der Waals surface area contributed by atoms with Crippen molar-refractivity contribution in [2.24, 2.45) is 0 Å². The van der Waals surface area contributed by atoms with Crippen LogP contribution in [-0.2, 0) is 0 Å². The van der Waals surface area contributed by atoms with Crippen LogP contribution in [0.25, 0.3) is 28.3 Å². The Kier molecular flexibility index (Phi) is 4.86. The van der Waals surface area contributed by atoms with E-state index in [1.165, 1.54) is 0 Å². The van der Waals surface area contributed by atoms with Crippen molar-refractivity contribution in [3.63, 3.8) is 0 Å². The second-order valence-corrected chi connectivity index (χ2v) is 7.17. The van der Waals surface area contributed by atoms with Gasteiger partial charge in [-0.25, -0.2) is 0 Å². The highest BCUT2D eigenvalue weighted by molar-refractivity contribution is 6.34. The second-order valence-electron chi connectivity index (χ2n) is 6.76. The number of carbonyl (C=O) groups is 1. The molecule has 0 atom stereocenters. The number of halogens is 1. The van der Waals surface area contributed by atoms with Crippen molar-refractivity contribution in [3.05, 3.63) is 95.8 Å². The van der Waals surface area contributed by atoms with E-state index in [0.29, 0.717) is 27.7 Å². The van der Waals surface area contributed by atoms with Gasteiger partial charge in [0.1, 0.15) is 0 Å². The molecule has 0 radical (unpaired) electrons. The van der Waals surface area contributed by atoms with Crippen LogP contribution in [0.5, 0.6) is 0 Å². The highest BCUT2D eigenvalue weighted by atomic mass is 35.5. The molecule has 3 heterocycles. The standard InChI is InChI=1S/C23H15ClN6O/c24-19-4-2-1-3-18(19)23(31)26-17-7-5-15(6-8-17)20-9-10-21-27-28-22(30(21)29-20)16-11-13-25-14-12-16/h1-14H,(H,26,31). The highest BCUT2D eigenvalue weighted by Crippen LogP contribution is 2.23. The summed E-state index contributed by atoms with van der Waals surface area (Å²) in [5, 5.41) is 16.4. The first-order valence-electron chi connectivity index (χ1n) is 9.48. The summed E-state index contributed by atoms with van der Waals surface area (Å²) in [5.74, 6) is 0.382. The number of rotatable bonds is 4. The highest BCUT2D eigenvalue weighted by Gasteiger charge is 2.12. The van der Waals surface area contributed by atoms with Gasteiger partial charge in [-0.05, 0) is 48.5 Å². The Hall–Kier alpha value is -4.10. The molecule has 0 aliphatic heterocycles. The maximum absolute atomic E-state index is 12.4. The summed E-state index contributed by atoms with van der Waals surface area (Å²) in [4.78, 5) is 16.5. The lowest BCUT2D eigenvalue weighted by Gasteiger charge is -2.08. The lowest BCUT2D eigenvalue weighted by atomic mass is 10.1. The van der Waals surface area contributed by atoms with Gasteiger partial charge in [0, 0.05) is 29.2 Å². The third kappa shape index (κ3) is 3.74. The minimum Gasteiger partial charge on any atom is -0.322 e. The van der Waals surface area contributed by atoms with Gasteiger partial charge >= 0.3 is 0 Å². The Morgan fingerprint density at radius 1 is 0.839 bits per heavy atom. The summed E-state index contributed by atoms with van der Waals surface area (Å²) >= 11 is 6.10. The van der Waals surface area contributed by atoms with Crippen molar-refractivity contribution in [2.75, 3.05) is 5.32 Å². The van der Waals surface area contributed by atoms with Crippen LogP contribution in [0.3, 0.4) is 0 Å². The molecule has 5 rings (SSSR count). The van der Waals surface area contributed by atoms with Crippen LogP contribution in [0.15, 0.2) is 85.2 Å². The predicted molar refractivity (Wildman–Crippen MR) is 119 cm³/mol. The minimum atomic E-state index is -0.260. The first kappa shape index (κ1) is 18.9. The van der Waals surface area contributed by atoms with E-state index in [1.54, 1.807) is 41.2 Å². The molecule has 0 saturated heterocycles. The van der Waals surface area contributed by atoms with Gasteiger partial charge in [-0.2, -0.15) is 9.61 Å². The summed E-state index contributed by atoms with van der Waals surface area (Å²) in [6.07, 6.45) is 3.41. The molecule has 0 fully saturated rings. The molecule has 31 heavy (non-hydrogen) atoms. The number of amides is 1. The molecule has 150 valence electrons. The molecule has 7 nitrogen and oxygen atoms in total. The normalized spacial score (nSPS) is 10.9. The lowest BCUT2D eigenvalue weighted by Crippen LogP contribution is -2.12. The number of fused-ring (bicyclic) bond motifs is 1. The largest absolute Gasteiger partial charge is 0.322 e. The maximum atomic E-state index is 12.4. The van der Waals surface area contributed by atoms with Crippen LogP contribution in [0.2, 0.25) is 5.02 Å². The number of anilines is 1. The van der Waals surface area contributed by atoms with E-state index in [9.17, 15) is 4.79 Å². The van der Waals surface area contributed by atoms with Crippen LogP contribution < -0.4 is 5.32 Å². The van der Waals surface area contributed by atoms with E-state index in [0.717, 1.165) is 16.8 Å². The molecule has 0 bridgehead atoms. The average Bonchev–Trinajstić information content (AvgIpc) is 3.24. The van der Waals surface area contributed by atoms with Crippen molar-refractivity contribution < 1.29 is 4.79 Å². The average molecular weight is 427 g/mol. The molecule has 1 amide bonds. The number of pyridine rings is 1. The number of aromatic nitrogens is 5. The van der Waals surface area contributed by atoms with Gasteiger partial charge in [-0.15, -0.1) is 10.2 Å². The smallest absolute Gasteiger partial charge is 0.257 e. The van der Waals surface area contributed by atoms with Crippen LogP contribution in [0.4, 0.5) is 5.69 Å². The monoisotopic (exact) mass is 426 g/mol. The molecule has 0 unspecified atom stereocenters. The third-order valence-corrected chi connectivity index (χ3v) is 5.09. The van der Waals surface area contributed by atoms with E-state index in [2.05, 4.69) is 20.5 Å². The van der Waals surface area contributed by atoms with Crippen LogP contribution in [-0.4, -0.2) is 30.7 Å². The van der Waals surface area contributed by atoms with Crippen molar-refractivity contribution >= 4 is 28.8 Å². The number of hydrogen-bond donors (Lipinski definition) is 1. The van der Waals surface area contributed by atoms with Gasteiger partial charge in [-0.3, -0.25) is 9.78 Å². The van der Waals surface area contributed by atoms with E-state index in [-0.39, 0.29) is 5.91 Å². The fraction of sp³-hybridized carbons (Fsp3) is 0. The zero-order valence-electron chi connectivity index (χ0n) is 16.1. The minimum absolute atomic E-state index is 0.260. The molecular weight excluding hydrogens is 412 g/mol. The van der Waals surface area contributed by atoms with Gasteiger partial charge < -0.3 is 5.32 Å². The van der Waals surface area contributed by atoms with Crippen LogP contribution in [0, 0.1) is 0 Å².